The molecule has 3 rings (SSSR count). The van der Waals surface area contributed by atoms with Gasteiger partial charge in [0.05, 0.1) is 0 Å². The van der Waals surface area contributed by atoms with E-state index in [0.29, 0.717) is 6.04 Å². The number of para-hydroxylation sites is 1. The maximum Gasteiger partial charge on any atom is 0.0366 e. The van der Waals surface area contributed by atoms with Crippen LogP contribution in [0.25, 0.3) is 0 Å². The predicted molar refractivity (Wildman–Crippen MR) is 93.4 cm³/mol. The summed E-state index contributed by atoms with van der Waals surface area (Å²) in [5, 5.41) is 3.77. The molecule has 0 unspecified atom stereocenters. The molecule has 116 valence electrons. The number of thioether (sulfide) groups is 1. The number of benzene rings is 1. The molecule has 1 N–H and O–H groups in total. The quantitative estimate of drug-likeness (QED) is 0.899. The van der Waals surface area contributed by atoms with Gasteiger partial charge in [-0.25, -0.2) is 0 Å². The average molecular weight is 305 g/mol. The summed E-state index contributed by atoms with van der Waals surface area (Å²) < 4.78 is 0. The van der Waals surface area contributed by atoms with Crippen molar-refractivity contribution in [3.05, 3.63) is 30.3 Å². The van der Waals surface area contributed by atoms with Gasteiger partial charge in [0.2, 0.25) is 0 Å². The van der Waals surface area contributed by atoms with Crippen LogP contribution in [0.2, 0.25) is 0 Å². The van der Waals surface area contributed by atoms with Crippen LogP contribution in [0.5, 0.6) is 0 Å². The minimum Gasteiger partial charge on any atom is -0.371 e. The first kappa shape index (κ1) is 15.2. The SMILES string of the molecule is c1ccc(N2CCC(NCCN3CCSCC3)CC2)cc1. The molecule has 0 amide bonds. The van der Waals surface area contributed by atoms with E-state index < -0.39 is 0 Å². The number of nitrogens with zero attached hydrogens (tertiary/aromatic N) is 2. The number of piperidine rings is 1. The van der Waals surface area contributed by atoms with Gasteiger partial charge in [0.25, 0.3) is 0 Å². The lowest BCUT2D eigenvalue weighted by molar-refractivity contribution is 0.289. The Hall–Kier alpha value is -0.710. The number of hydrogen-bond acceptors (Lipinski definition) is 4. The number of rotatable bonds is 5. The third kappa shape index (κ3) is 4.63. The molecule has 0 bridgehead atoms. The van der Waals surface area contributed by atoms with E-state index in [0.717, 1.165) is 6.54 Å². The van der Waals surface area contributed by atoms with E-state index in [9.17, 15) is 0 Å². The van der Waals surface area contributed by atoms with Gasteiger partial charge in [-0.3, -0.25) is 0 Å². The van der Waals surface area contributed by atoms with Gasteiger partial charge in [0.15, 0.2) is 0 Å². The molecule has 2 heterocycles. The zero-order chi connectivity index (χ0) is 14.3. The number of anilines is 1. The van der Waals surface area contributed by atoms with Crippen LogP contribution < -0.4 is 10.2 Å². The molecule has 21 heavy (non-hydrogen) atoms. The molecule has 3 nitrogen and oxygen atoms in total. The molecular weight excluding hydrogens is 278 g/mol. The zero-order valence-corrected chi connectivity index (χ0v) is 13.7. The van der Waals surface area contributed by atoms with Crippen LogP contribution in [-0.2, 0) is 0 Å². The molecule has 0 aliphatic carbocycles. The van der Waals surface area contributed by atoms with Crippen molar-refractivity contribution in [1.29, 1.82) is 0 Å². The molecule has 0 radical (unpaired) electrons. The summed E-state index contributed by atoms with van der Waals surface area (Å²) in [5.41, 5.74) is 1.38. The van der Waals surface area contributed by atoms with Gasteiger partial charge in [0, 0.05) is 62.5 Å². The van der Waals surface area contributed by atoms with Gasteiger partial charge >= 0.3 is 0 Å². The van der Waals surface area contributed by atoms with Crippen LogP contribution in [0.3, 0.4) is 0 Å². The highest BCUT2D eigenvalue weighted by atomic mass is 32.2. The first-order chi connectivity index (χ1) is 10.4. The highest BCUT2D eigenvalue weighted by molar-refractivity contribution is 7.99. The monoisotopic (exact) mass is 305 g/mol. The fourth-order valence-electron chi connectivity index (χ4n) is 3.23. The van der Waals surface area contributed by atoms with Crippen molar-refractivity contribution in [2.75, 3.05) is 55.7 Å². The van der Waals surface area contributed by atoms with Gasteiger partial charge in [-0.05, 0) is 25.0 Å². The first-order valence-electron chi connectivity index (χ1n) is 8.25. The lowest BCUT2D eigenvalue weighted by Crippen LogP contribution is -2.45. The van der Waals surface area contributed by atoms with E-state index in [2.05, 4.69) is 57.2 Å². The van der Waals surface area contributed by atoms with Crippen LogP contribution in [0, 0.1) is 0 Å². The normalized spacial score (nSPS) is 21.6. The van der Waals surface area contributed by atoms with Gasteiger partial charge in [-0.1, -0.05) is 18.2 Å². The Balaban J connectivity index is 1.34. The minimum atomic E-state index is 0.712. The third-order valence-electron chi connectivity index (χ3n) is 4.58. The molecule has 0 spiro atoms. The first-order valence-corrected chi connectivity index (χ1v) is 9.41. The second kappa shape index (κ2) is 8.06. The Kier molecular flexibility index (Phi) is 5.83. The Morgan fingerprint density at radius 1 is 1.00 bits per heavy atom. The number of nitrogens with one attached hydrogen (secondary N) is 1. The highest BCUT2D eigenvalue weighted by Crippen LogP contribution is 2.19. The zero-order valence-electron chi connectivity index (χ0n) is 12.8. The average Bonchev–Trinajstić information content (AvgIpc) is 2.57. The smallest absolute Gasteiger partial charge is 0.0366 e. The molecule has 0 saturated carbocycles. The maximum absolute atomic E-state index is 3.77. The van der Waals surface area contributed by atoms with Crippen molar-refractivity contribution in [2.24, 2.45) is 0 Å². The van der Waals surface area contributed by atoms with E-state index in [4.69, 9.17) is 0 Å². The van der Waals surface area contributed by atoms with Crippen molar-refractivity contribution in [3.63, 3.8) is 0 Å². The second-order valence-corrected chi connectivity index (χ2v) is 7.23. The topological polar surface area (TPSA) is 18.5 Å². The summed E-state index contributed by atoms with van der Waals surface area (Å²) in [4.78, 5) is 5.11. The van der Waals surface area contributed by atoms with Crippen LogP contribution in [-0.4, -0.2) is 61.7 Å². The van der Waals surface area contributed by atoms with Crippen LogP contribution in [0.1, 0.15) is 12.8 Å². The summed E-state index contributed by atoms with van der Waals surface area (Å²) in [5.74, 6) is 2.63. The molecule has 2 saturated heterocycles. The van der Waals surface area contributed by atoms with E-state index in [1.807, 2.05) is 0 Å². The molecule has 1 aromatic carbocycles. The highest BCUT2D eigenvalue weighted by Gasteiger charge is 2.19. The summed E-state index contributed by atoms with van der Waals surface area (Å²) >= 11 is 2.09. The standard InChI is InChI=1S/C17H27N3S/c1-2-4-17(5-3-1)20-9-6-16(7-10-20)18-8-11-19-12-14-21-15-13-19/h1-5,16,18H,6-15H2. The van der Waals surface area contributed by atoms with Crippen molar-refractivity contribution in [3.8, 4) is 0 Å². The van der Waals surface area contributed by atoms with Crippen molar-refractivity contribution in [2.45, 2.75) is 18.9 Å². The Morgan fingerprint density at radius 2 is 1.71 bits per heavy atom. The summed E-state index contributed by atoms with van der Waals surface area (Å²) in [6.45, 7) is 7.29. The van der Waals surface area contributed by atoms with Crippen LogP contribution >= 0.6 is 11.8 Å². The molecule has 0 atom stereocenters. The molecule has 2 aliphatic heterocycles. The van der Waals surface area contributed by atoms with E-state index in [-0.39, 0.29) is 0 Å². The van der Waals surface area contributed by atoms with Crippen LogP contribution in [0.15, 0.2) is 30.3 Å². The van der Waals surface area contributed by atoms with Crippen molar-refractivity contribution >= 4 is 17.4 Å². The molecule has 1 aromatic rings. The van der Waals surface area contributed by atoms with Crippen molar-refractivity contribution < 1.29 is 0 Å². The molecule has 2 fully saturated rings. The molecular formula is C17H27N3S. The summed E-state index contributed by atoms with van der Waals surface area (Å²) in [7, 11) is 0. The van der Waals surface area contributed by atoms with E-state index >= 15 is 0 Å². The Labute approximate surface area is 133 Å². The lowest BCUT2D eigenvalue weighted by Gasteiger charge is -2.34. The van der Waals surface area contributed by atoms with Crippen LogP contribution in [0.4, 0.5) is 5.69 Å². The maximum atomic E-state index is 3.77. The largest absolute Gasteiger partial charge is 0.371 e. The predicted octanol–water partition coefficient (Wildman–Crippen LogP) is 2.29. The second-order valence-electron chi connectivity index (χ2n) is 6.01. The van der Waals surface area contributed by atoms with Gasteiger partial charge in [-0.15, -0.1) is 0 Å². The molecule has 4 heteroatoms. The van der Waals surface area contributed by atoms with Crippen molar-refractivity contribution in [1.82, 2.24) is 10.2 Å². The fourth-order valence-corrected chi connectivity index (χ4v) is 4.21. The fraction of sp³-hybridized carbons (Fsp3) is 0.647. The van der Waals surface area contributed by atoms with Gasteiger partial charge in [0.1, 0.15) is 0 Å². The van der Waals surface area contributed by atoms with Gasteiger partial charge < -0.3 is 15.1 Å². The van der Waals surface area contributed by atoms with Gasteiger partial charge in [-0.2, -0.15) is 11.8 Å². The Morgan fingerprint density at radius 3 is 2.43 bits per heavy atom. The summed E-state index contributed by atoms with van der Waals surface area (Å²) in [6.07, 6.45) is 2.54. The molecule has 2 aliphatic rings. The van der Waals surface area contributed by atoms with E-state index in [1.165, 1.54) is 62.8 Å². The molecule has 0 aromatic heterocycles. The third-order valence-corrected chi connectivity index (χ3v) is 5.52. The number of hydrogen-bond donors (Lipinski definition) is 1. The van der Waals surface area contributed by atoms with E-state index in [1.54, 1.807) is 0 Å². The summed E-state index contributed by atoms with van der Waals surface area (Å²) in [6, 6.07) is 11.5. The lowest BCUT2D eigenvalue weighted by atomic mass is 10.0. The minimum absolute atomic E-state index is 0.712. The Bertz CT molecular complexity index is 398.